The molecule has 1 atom stereocenters. The summed E-state index contributed by atoms with van der Waals surface area (Å²) in [5.41, 5.74) is 0. The second kappa shape index (κ2) is 6.80. The molecule has 0 spiro atoms. The summed E-state index contributed by atoms with van der Waals surface area (Å²) in [5, 5.41) is 3.23. The van der Waals surface area contributed by atoms with Crippen LogP contribution in [0.5, 0.6) is 0 Å². The van der Waals surface area contributed by atoms with Gasteiger partial charge in [0.15, 0.2) is 0 Å². The number of hydrogen-bond acceptors (Lipinski definition) is 3. The van der Waals surface area contributed by atoms with E-state index in [9.17, 15) is 4.79 Å². The summed E-state index contributed by atoms with van der Waals surface area (Å²) in [6.45, 7) is 8.06. The van der Waals surface area contributed by atoms with Crippen molar-refractivity contribution in [3.63, 3.8) is 0 Å². The molecule has 0 aromatic carbocycles. The van der Waals surface area contributed by atoms with Crippen molar-refractivity contribution in [2.24, 2.45) is 0 Å². The van der Waals surface area contributed by atoms with Gasteiger partial charge < -0.3 is 15.0 Å². The molecular formula is C11H22N2O2. The SMILES string of the molecule is CCCCOC(C)C(=O)N1CCNCC1. The van der Waals surface area contributed by atoms with Crippen molar-refractivity contribution in [2.75, 3.05) is 32.8 Å². The molecule has 4 nitrogen and oxygen atoms in total. The highest BCUT2D eigenvalue weighted by Crippen LogP contribution is 2.02. The molecule has 0 radical (unpaired) electrons. The first-order valence-corrected chi connectivity index (χ1v) is 5.86. The van der Waals surface area contributed by atoms with Crippen LogP contribution in [-0.4, -0.2) is 49.7 Å². The van der Waals surface area contributed by atoms with E-state index in [4.69, 9.17) is 4.74 Å². The maximum absolute atomic E-state index is 11.9. The number of amides is 1. The van der Waals surface area contributed by atoms with Gasteiger partial charge in [-0.3, -0.25) is 4.79 Å². The van der Waals surface area contributed by atoms with Gasteiger partial charge in [-0.2, -0.15) is 0 Å². The van der Waals surface area contributed by atoms with Crippen molar-refractivity contribution in [2.45, 2.75) is 32.8 Å². The van der Waals surface area contributed by atoms with Crippen molar-refractivity contribution in [1.82, 2.24) is 10.2 Å². The highest BCUT2D eigenvalue weighted by molar-refractivity contribution is 5.80. The average molecular weight is 214 g/mol. The topological polar surface area (TPSA) is 41.6 Å². The number of nitrogens with zero attached hydrogens (tertiary/aromatic N) is 1. The largest absolute Gasteiger partial charge is 0.369 e. The number of unbranched alkanes of at least 4 members (excludes halogenated alkanes) is 1. The van der Waals surface area contributed by atoms with Crippen LogP contribution < -0.4 is 5.32 Å². The smallest absolute Gasteiger partial charge is 0.251 e. The molecular weight excluding hydrogens is 192 g/mol. The lowest BCUT2D eigenvalue weighted by Crippen LogP contribution is -2.49. The van der Waals surface area contributed by atoms with Crippen molar-refractivity contribution in [3.8, 4) is 0 Å². The number of ether oxygens (including phenoxy) is 1. The Balaban J connectivity index is 2.24. The molecule has 15 heavy (non-hydrogen) atoms. The molecule has 0 aliphatic carbocycles. The maximum atomic E-state index is 11.9. The van der Waals surface area contributed by atoms with Crippen molar-refractivity contribution < 1.29 is 9.53 Å². The third-order valence-corrected chi connectivity index (χ3v) is 2.64. The molecule has 1 heterocycles. The van der Waals surface area contributed by atoms with E-state index in [2.05, 4.69) is 12.2 Å². The van der Waals surface area contributed by atoms with E-state index in [1.54, 1.807) is 0 Å². The second-order valence-electron chi connectivity index (χ2n) is 3.94. The second-order valence-corrected chi connectivity index (χ2v) is 3.94. The van der Waals surface area contributed by atoms with Crippen LogP contribution in [-0.2, 0) is 9.53 Å². The molecule has 88 valence electrons. The van der Waals surface area contributed by atoms with Crippen LogP contribution in [0, 0.1) is 0 Å². The fraction of sp³-hybridized carbons (Fsp3) is 0.909. The van der Waals surface area contributed by atoms with E-state index in [0.29, 0.717) is 6.61 Å². The molecule has 4 heteroatoms. The van der Waals surface area contributed by atoms with Gasteiger partial charge >= 0.3 is 0 Å². The van der Waals surface area contributed by atoms with E-state index >= 15 is 0 Å². The molecule has 0 aromatic heterocycles. The Morgan fingerprint density at radius 2 is 2.13 bits per heavy atom. The first kappa shape index (κ1) is 12.5. The van der Waals surface area contributed by atoms with Gasteiger partial charge in [-0.25, -0.2) is 0 Å². The van der Waals surface area contributed by atoms with Gasteiger partial charge in [-0.05, 0) is 13.3 Å². The first-order chi connectivity index (χ1) is 7.25. The third-order valence-electron chi connectivity index (χ3n) is 2.64. The fourth-order valence-corrected chi connectivity index (χ4v) is 1.62. The average Bonchev–Trinajstić information content (AvgIpc) is 2.29. The maximum Gasteiger partial charge on any atom is 0.251 e. The molecule has 1 fully saturated rings. The number of carbonyl (C=O) groups is 1. The monoisotopic (exact) mass is 214 g/mol. The van der Waals surface area contributed by atoms with Gasteiger partial charge in [0.2, 0.25) is 0 Å². The predicted molar refractivity (Wildman–Crippen MR) is 59.8 cm³/mol. The quantitative estimate of drug-likeness (QED) is 0.682. The van der Waals surface area contributed by atoms with Crippen LogP contribution >= 0.6 is 0 Å². The first-order valence-electron chi connectivity index (χ1n) is 5.86. The molecule has 1 unspecified atom stereocenters. The van der Waals surface area contributed by atoms with Gasteiger partial charge in [-0.15, -0.1) is 0 Å². The Bertz CT molecular complexity index is 191. The minimum atomic E-state index is -0.283. The van der Waals surface area contributed by atoms with Gasteiger partial charge in [-0.1, -0.05) is 13.3 Å². The van der Waals surface area contributed by atoms with E-state index in [1.807, 2.05) is 11.8 Å². The van der Waals surface area contributed by atoms with Crippen molar-refractivity contribution in [3.05, 3.63) is 0 Å². The zero-order chi connectivity index (χ0) is 11.1. The van der Waals surface area contributed by atoms with Crippen molar-refractivity contribution >= 4 is 5.91 Å². The molecule has 1 amide bonds. The summed E-state index contributed by atoms with van der Waals surface area (Å²) in [6.07, 6.45) is 1.85. The number of piperazine rings is 1. The summed E-state index contributed by atoms with van der Waals surface area (Å²) in [5.74, 6) is 0.132. The van der Waals surface area contributed by atoms with Crippen LogP contribution in [0.4, 0.5) is 0 Å². The third kappa shape index (κ3) is 4.18. The lowest BCUT2D eigenvalue weighted by molar-refractivity contribution is -0.143. The predicted octanol–water partition coefficient (Wildman–Crippen LogP) is 0.623. The van der Waals surface area contributed by atoms with E-state index in [1.165, 1.54) is 0 Å². The summed E-state index contributed by atoms with van der Waals surface area (Å²) >= 11 is 0. The Morgan fingerprint density at radius 1 is 1.47 bits per heavy atom. The number of carbonyl (C=O) groups excluding carboxylic acids is 1. The van der Waals surface area contributed by atoms with Gasteiger partial charge in [0.1, 0.15) is 6.10 Å². The summed E-state index contributed by atoms with van der Waals surface area (Å²) in [7, 11) is 0. The minimum absolute atomic E-state index is 0.132. The number of hydrogen-bond donors (Lipinski definition) is 1. The molecule has 1 aliphatic rings. The lowest BCUT2D eigenvalue weighted by atomic mass is 10.3. The van der Waals surface area contributed by atoms with E-state index < -0.39 is 0 Å². The van der Waals surface area contributed by atoms with Gasteiger partial charge in [0.05, 0.1) is 0 Å². The lowest BCUT2D eigenvalue weighted by Gasteiger charge is -2.29. The Labute approximate surface area is 92.0 Å². The molecule has 1 rings (SSSR count). The summed E-state index contributed by atoms with van der Waals surface area (Å²) < 4.78 is 5.49. The van der Waals surface area contributed by atoms with Crippen LogP contribution in [0.3, 0.4) is 0 Å². The zero-order valence-corrected chi connectivity index (χ0v) is 9.79. The minimum Gasteiger partial charge on any atom is -0.369 e. The van der Waals surface area contributed by atoms with Gasteiger partial charge in [0, 0.05) is 32.8 Å². The number of nitrogens with one attached hydrogen (secondary N) is 1. The molecule has 0 bridgehead atoms. The molecule has 1 aliphatic heterocycles. The van der Waals surface area contributed by atoms with E-state index in [-0.39, 0.29) is 12.0 Å². The molecule has 1 N–H and O–H groups in total. The highest BCUT2D eigenvalue weighted by atomic mass is 16.5. The highest BCUT2D eigenvalue weighted by Gasteiger charge is 2.21. The Kier molecular flexibility index (Phi) is 5.65. The Hall–Kier alpha value is -0.610. The van der Waals surface area contributed by atoms with Crippen LogP contribution in [0.15, 0.2) is 0 Å². The van der Waals surface area contributed by atoms with Gasteiger partial charge in [0.25, 0.3) is 5.91 Å². The standard InChI is InChI=1S/C11H22N2O2/c1-3-4-9-15-10(2)11(14)13-7-5-12-6-8-13/h10,12H,3-9H2,1-2H3. The Morgan fingerprint density at radius 3 is 2.73 bits per heavy atom. The summed E-state index contributed by atoms with van der Waals surface area (Å²) in [4.78, 5) is 13.7. The summed E-state index contributed by atoms with van der Waals surface area (Å²) in [6, 6.07) is 0. The molecule has 0 saturated carbocycles. The van der Waals surface area contributed by atoms with E-state index in [0.717, 1.165) is 39.0 Å². The van der Waals surface area contributed by atoms with Crippen molar-refractivity contribution in [1.29, 1.82) is 0 Å². The molecule has 1 saturated heterocycles. The normalized spacial score (nSPS) is 18.9. The number of rotatable bonds is 5. The fourth-order valence-electron chi connectivity index (χ4n) is 1.62. The van der Waals surface area contributed by atoms with Crippen LogP contribution in [0.25, 0.3) is 0 Å². The molecule has 0 aromatic rings. The van der Waals surface area contributed by atoms with Crippen LogP contribution in [0.2, 0.25) is 0 Å². The zero-order valence-electron chi connectivity index (χ0n) is 9.79. The van der Waals surface area contributed by atoms with Crippen LogP contribution in [0.1, 0.15) is 26.7 Å².